The highest BCUT2D eigenvalue weighted by atomic mass is 19.3. The Labute approximate surface area is 159 Å². The third-order valence-electron chi connectivity index (χ3n) is 3.74. The molecule has 9 heteroatoms. The van der Waals surface area contributed by atoms with Gasteiger partial charge in [-0.2, -0.15) is 8.78 Å². The van der Waals surface area contributed by atoms with Gasteiger partial charge in [0.2, 0.25) is 0 Å². The van der Waals surface area contributed by atoms with Crippen LogP contribution in [0.2, 0.25) is 0 Å². The fourth-order valence-electron chi connectivity index (χ4n) is 2.43. The van der Waals surface area contributed by atoms with Crippen molar-refractivity contribution in [3.05, 3.63) is 54.1 Å². The second-order valence-electron chi connectivity index (χ2n) is 5.78. The molecule has 2 aromatic rings. The van der Waals surface area contributed by atoms with Gasteiger partial charge in [-0.15, -0.1) is 0 Å². The molecule has 0 aromatic heterocycles. The molecule has 0 spiro atoms. The number of carbonyl (C=O) groups is 2. The van der Waals surface area contributed by atoms with E-state index in [-0.39, 0.29) is 30.6 Å². The Morgan fingerprint density at radius 1 is 1.11 bits per heavy atom. The lowest BCUT2D eigenvalue weighted by Crippen LogP contribution is -2.42. The first-order valence-electron chi connectivity index (χ1n) is 8.38. The van der Waals surface area contributed by atoms with E-state index in [1.165, 1.54) is 24.3 Å². The van der Waals surface area contributed by atoms with Crippen molar-refractivity contribution >= 4 is 11.9 Å². The largest absolute Gasteiger partial charge is 0.486 e. The van der Waals surface area contributed by atoms with E-state index < -0.39 is 25.1 Å². The van der Waals surface area contributed by atoms with Crippen molar-refractivity contribution in [1.82, 2.24) is 5.32 Å². The van der Waals surface area contributed by atoms with Crippen molar-refractivity contribution in [3.63, 3.8) is 0 Å². The Balaban J connectivity index is 1.40. The number of carbonyl (C=O) groups excluding carboxylic acids is 2. The molecular weight excluding hydrogens is 376 g/mol. The molecule has 7 nitrogen and oxygen atoms in total. The van der Waals surface area contributed by atoms with Crippen molar-refractivity contribution in [2.45, 2.75) is 12.7 Å². The molecule has 3 rings (SSSR count). The molecule has 2 aromatic carbocycles. The number of amides is 1. The highest BCUT2D eigenvalue weighted by molar-refractivity contribution is 5.91. The Hall–Kier alpha value is -3.36. The number of alkyl halides is 2. The number of esters is 1. The van der Waals surface area contributed by atoms with Crippen LogP contribution in [0, 0.1) is 0 Å². The van der Waals surface area contributed by atoms with E-state index in [9.17, 15) is 18.4 Å². The van der Waals surface area contributed by atoms with E-state index >= 15 is 0 Å². The molecule has 1 heterocycles. The van der Waals surface area contributed by atoms with E-state index in [1.54, 1.807) is 12.1 Å². The SMILES string of the molecule is O=C(COC(=O)c1ccc(OC(F)F)cc1)NCC1COc2ccccc2O1. The molecule has 1 unspecified atom stereocenters. The summed E-state index contributed by atoms with van der Waals surface area (Å²) >= 11 is 0. The minimum Gasteiger partial charge on any atom is -0.486 e. The first-order valence-corrected chi connectivity index (χ1v) is 8.38. The fraction of sp³-hybridized carbons (Fsp3) is 0.263. The Morgan fingerprint density at radius 2 is 1.82 bits per heavy atom. The van der Waals surface area contributed by atoms with E-state index in [2.05, 4.69) is 10.1 Å². The van der Waals surface area contributed by atoms with E-state index in [1.807, 2.05) is 12.1 Å². The van der Waals surface area contributed by atoms with Crippen LogP contribution in [0.3, 0.4) is 0 Å². The van der Waals surface area contributed by atoms with Gasteiger partial charge in [0.1, 0.15) is 18.5 Å². The maximum atomic E-state index is 12.1. The molecule has 0 saturated heterocycles. The summed E-state index contributed by atoms with van der Waals surface area (Å²) in [5, 5.41) is 2.60. The van der Waals surface area contributed by atoms with Gasteiger partial charge in [-0.1, -0.05) is 12.1 Å². The van der Waals surface area contributed by atoms with Crippen molar-refractivity contribution in [3.8, 4) is 17.2 Å². The van der Waals surface area contributed by atoms with Gasteiger partial charge in [0.25, 0.3) is 5.91 Å². The second kappa shape index (κ2) is 9.03. The van der Waals surface area contributed by atoms with Crippen molar-refractivity contribution in [2.75, 3.05) is 19.8 Å². The molecule has 0 aliphatic carbocycles. The normalized spacial score (nSPS) is 15.0. The standard InChI is InChI=1S/C19H17F2NO6/c20-19(21)28-13-7-5-12(6-8-13)18(24)26-11-17(23)22-9-14-10-25-15-3-1-2-4-16(15)27-14/h1-8,14,19H,9-11H2,(H,22,23). The number of benzene rings is 2. The molecule has 1 atom stereocenters. The van der Waals surface area contributed by atoms with Gasteiger partial charge in [0, 0.05) is 0 Å². The monoisotopic (exact) mass is 393 g/mol. The average Bonchev–Trinajstić information content (AvgIpc) is 2.70. The van der Waals surface area contributed by atoms with Crippen LogP contribution in [-0.4, -0.2) is 44.4 Å². The summed E-state index contributed by atoms with van der Waals surface area (Å²) in [6, 6.07) is 12.2. The molecule has 1 amide bonds. The predicted octanol–water partition coefficient (Wildman–Crippen LogP) is 2.40. The summed E-state index contributed by atoms with van der Waals surface area (Å²) in [6.45, 7) is -2.97. The summed E-state index contributed by atoms with van der Waals surface area (Å²) in [7, 11) is 0. The van der Waals surface area contributed by atoms with E-state index in [0.717, 1.165) is 0 Å². The smallest absolute Gasteiger partial charge is 0.387 e. The average molecular weight is 393 g/mol. The summed E-state index contributed by atoms with van der Waals surface area (Å²) in [6.07, 6.45) is -0.364. The van der Waals surface area contributed by atoms with E-state index in [4.69, 9.17) is 14.2 Å². The number of halogens is 2. The van der Waals surface area contributed by atoms with Crippen LogP contribution in [0.15, 0.2) is 48.5 Å². The lowest BCUT2D eigenvalue weighted by molar-refractivity contribution is -0.124. The molecule has 28 heavy (non-hydrogen) atoms. The number of rotatable bonds is 7. The zero-order valence-corrected chi connectivity index (χ0v) is 14.6. The highest BCUT2D eigenvalue weighted by Crippen LogP contribution is 2.30. The number of para-hydroxylation sites is 2. The number of ether oxygens (including phenoxy) is 4. The molecule has 1 aliphatic rings. The zero-order chi connectivity index (χ0) is 19.9. The third kappa shape index (κ3) is 5.32. The Morgan fingerprint density at radius 3 is 2.54 bits per heavy atom. The second-order valence-corrected chi connectivity index (χ2v) is 5.78. The molecule has 0 saturated carbocycles. The summed E-state index contributed by atoms with van der Waals surface area (Å²) in [4.78, 5) is 23.7. The number of fused-ring (bicyclic) bond motifs is 1. The lowest BCUT2D eigenvalue weighted by atomic mass is 10.2. The zero-order valence-electron chi connectivity index (χ0n) is 14.6. The van der Waals surface area contributed by atoms with Crippen LogP contribution in [0.25, 0.3) is 0 Å². The third-order valence-corrected chi connectivity index (χ3v) is 3.74. The van der Waals surface area contributed by atoms with Crippen LogP contribution in [0.1, 0.15) is 10.4 Å². The van der Waals surface area contributed by atoms with Crippen molar-refractivity contribution in [2.24, 2.45) is 0 Å². The summed E-state index contributed by atoms with van der Waals surface area (Å²) in [5.74, 6) is -0.110. The number of hydrogen-bond donors (Lipinski definition) is 1. The lowest BCUT2D eigenvalue weighted by Gasteiger charge is -2.26. The fourth-order valence-corrected chi connectivity index (χ4v) is 2.43. The topological polar surface area (TPSA) is 83.1 Å². The molecule has 1 N–H and O–H groups in total. The Kier molecular flexibility index (Phi) is 6.25. The first-order chi connectivity index (χ1) is 13.5. The Bertz CT molecular complexity index is 827. The molecular formula is C19H17F2NO6. The minimum absolute atomic E-state index is 0.0828. The predicted molar refractivity (Wildman–Crippen MR) is 92.7 cm³/mol. The van der Waals surface area contributed by atoms with E-state index in [0.29, 0.717) is 11.5 Å². The van der Waals surface area contributed by atoms with Gasteiger partial charge in [-0.3, -0.25) is 4.79 Å². The summed E-state index contributed by atoms with van der Waals surface area (Å²) in [5.41, 5.74) is 0.107. The molecule has 0 radical (unpaired) electrons. The number of hydrogen-bond acceptors (Lipinski definition) is 6. The van der Waals surface area contributed by atoms with Gasteiger partial charge >= 0.3 is 12.6 Å². The van der Waals surface area contributed by atoms with Gasteiger partial charge in [-0.25, -0.2) is 4.79 Å². The van der Waals surface area contributed by atoms with Gasteiger partial charge in [-0.05, 0) is 36.4 Å². The van der Waals surface area contributed by atoms with Crippen LogP contribution in [0.5, 0.6) is 17.2 Å². The van der Waals surface area contributed by atoms with Crippen molar-refractivity contribution < 1.29 is 37.3 Å². The number of nitrogens with one attached hydrogen (secondary N) is 1. The first kappa shape index (κ1) is 19.4. The van der Waals surface area contributed by atoms with Crippen LogP contribution >= 0.6 is 0 Å². The van der Waals surface area contributed by atoms with Crippen LogP contribution in [0.4, 0.5) is 8.78 Å². The van der Waals surface area contributed by atoms with Gasteiger partial charge in [0.15, 0.2) is 18.1 Å². The van der Waals surface area contributed by atoms with Gasteiger partial charge < -0.3 is 24.3 Å². The maximum absolute atomic E-state index is 12.1. The van der Waals surface area contributed by atoms with Crippen molar-refractivity contribution in [1.29, 1.82) is 0 Å². The van der Waals surface area contributed by atoms with Gasteiger partial charge in [0.05, 0.1) is 12.1 Å². The molecule has 0 fully saturated rings. The quantitative estimate of drug-likeness (QED) is 0.728. The minimum atomic E-state index is -2.95. The molecule has 1 aliphatic heterocycles. The van der Waals surface area contributed by atoms with Crippen LogP contribution < -0.4 is 19.5 Å². The summed E-state index contributed by atoms with van der Waals surface area (Å²) < 4.78 is 44.5. The van der Waals surface area contributed by atoms with Crippen LogP contribution in [-0.2, 0) is 9.53 Å². The highest BCUT2D eigenvalue weighted by Gasteiger charge is 2.21. The molecule has 0 bridgehead atoms. The molecule has 148 valence electrons. The maximum Gasteiger partial charge on any atom is 0.387 e.